The lowest BCUT2D eigenvalue weighted by Gasteiger charge is -2.37. The first kappa shape index (κ1) is 17.1. The number of aromatic nitrogens is 3. The van der Waals surface area contributed by atoms with Crippen molar-refractivity contribution in [2.75, 3.05) is 0 Å². The molecule has 0 bridgehead atoms. The average molecular weight is 390 g/mol. The molecule has 0 amide bonds. The maximum atomic E-state index is 7.06. The Morgan fingerprint density at radius 3 is 2.62 bits per heavy atom. The number of hydrogen-bond acceptors (Lipinski definition) is 2. The molecule has 0 unspecified atom stereocenters. The fourth-order valence-corrected chi connectivity index (χ4v) is 7.69. The third-order valence-electron chi connectivity index (χ3n) is 7.76. The number of hydrogen-bond donors (Lipinski definition) is 0. The van der Waals surface area contributed by atoms with Crippen molar-refractivity contribution in [3.05, 3.63) is 41.3 Å². The van der Waals surface area contributed by atoms with Crippen LogP contribution in [0.1, 0.15) is 62.9 Å². The van der Waals surface area contributed by atoms with Crippen molar-refractivity contribution >= 4 is 23.2 Å². The lowest BCUT2D eigenvalue weighted by molar-refractivity contribution is 0.187. The van der Waals surface area contributed by atoms with Crippen molar-refractivity contribution < 1.29 is 0 Å². The van der Waals surface area contributed by atoms with Crippen LogP contribution in [0, 0.1) is 23.2 Å². The fraction of sp³-hybridized carbons (Fsp3) is 0.619. The van der Waals surface area contributed by atoms with Gasteiger partial charge in [-0.1, -0.05) is 33.3 Å². The summed E-state index contributed by atoms with van der Waals surface area (Å²) in [5, 5.41) is 4.88. The van der Waals surface area contributed by atoms with Crippen molar-refractivity contribution in [3.8, 4) is 5.82 Å². The van der Waals surface area contributed by atoms with E-state index in [0.717, 1.165) is 24.4 Å². The Balaban J connectivity index is 1.76. The summed E-state index contributed by atoms with van der Waals surface area (Å²) in [6.07, 6.45) is 6.19. The molecule has 0 aliphatic heterocycles. The standard InChI is InChI=1S/C21H25Cl2N3/c1-13-16-14(26(25-13)15-8-5-6-11-24-15)12-20-17(16)18(2,3)9-7-10-19(20,4)21(20,22)23/h5-6,8,11,17H,7,9-10,12H2,1-4H3/t17-,19-,20+/m1/s1. The predicted molar refractivity (Wildman–Crippen MR) is 105 cm³/mol. The molecule has 0 aromatic carbocycles. The van der Waals surface area contributed by atoms with Gasteiger partial charge in [-0.15, -0.1) is 23.2 Å². The lowest BCUT2D eigenvalue weighted by Crippen LogP contribution is -2.30. The van der Waals surface area contributed by atoms with Crippen LogP contribution < -0.4 is 0 Å². The Labute approximate surface area is 165 Å². The van der Waals surface area contributed by atoms with E-state index < -0.39 is 4.33 Å². The molecule has 5 rings (SSSR count). The summed E-state index contributed by atoms with van der Waals surface area (Å²) in [7, 11) is 0. The number of alkyl halides is 2. The number of rotatable bonds is 1. The molecule has 3 aliphatic carbocycles. The largest absolute Gasteiger partial charge is 0.237 e. The number of halogens is 2. The molecule has 1 spiro atoms. The van der Waals surface area contributed by atoms with E-state index in [4.69, 9.17) is 28.3 Å². The number of fused-ring (bicyclic) bond motifs is 2. The summed E-state index contributed by atoms with van der Waals surface area (Å²) in [4.78, 5) is 4.54. The predicted octanol–water partition coefficient (Wildman–Crippen LogP) is 5.61. The van der Waals surface area contributed by atoms with Crippen molar-refractivity contribution in [1.29, 1.82) is 0 Å². The van der Waals surface area contributed by atoms with E-state index in [1.807, 2.05) is 29.1 Å². The van der Waals surface area contributed by atoms with Gasteiger partial charge in [-0.2, -0.15) is 5.10 Å². The van der Waals surface area contributed by atoms with E-state index in [1.165, 1.54) is 24.1 Å². The zero-order valence-corrected chi connectivity index (χ0v) is 17.3. The summed E-state index contributed by atoms with van der Waals surface area (Å²) >= 11 is 14.1. The normalized spacial score (nSPS) is 36.0. The number of nitrogens with zero attached hydrogens (tertiary/aromatic N) is 3. The summed E-state index contributed by atoms with van der Waals surface area (Å²) < 4.78 is 1.36. The molecule has 2 fully saturated rings. The van der Waals surface area contributed by atoms with E-state index >= 15 is 0 Å². The second-order valence-electron chi connectivity index (χ2n) is 9.38. The van der Waals surface area contributed by atoms with E-state index in [1.54, 1.807) is 0 Å². The van der Waals surface area contributed by atoms with Gasteiger partial charge in [0, 0.05) is 28.5 Å². The van der Waals surface area contributed by atoms with Crippen LogP contribution in [0.3, 0.4) is 0 Å². The summed E-state index contributed by atoms with van der Waals surface area (Å²) in [5.74, 6) is 1.21. The molecule has 2 aromatic rings. The molecular formula is C21H25Cl2N3. The SMILES string of the molecule is Cc1nn(-c2ccccn2)c2c1[C@@H]1C(C)(C)CCC[C@@]3(C)C(Cl)(Cl)[C@@]13C2. The van der Waals surface area contributed by atoms with Crippen molar-refractivity contribution in [2.24, 2.45) is 16.2 Å². The smallest absolute Gasteiger partial charge is 0.153 e. The molecular weight excluding hydrogens is 365 g/mol. The Hall–Kier alpha value is -1.06. The van der Waals surface area contributed by atoms with E-state index in [-0.39, 0.29) is 16.2 Å². The van der Waals surface area contributed by atoms with E-state index in [0.29, 0.717) is 5.92 Å². The second-order valence-corrected chi connectivity index (χ2v) is 10.7. The van der Waals surface area contributed by atoms with Crippen LogP contribution in [0.4, 0.5) is 0 Å². The van der Waals surface area contributed by atoms with Crippen molar-refractivity contribution in [3.63, 3.8) is 0 Å². The van der Waals surface area contributed by atoms with Crippen LogP contribution in [-0.2, 0) is 6.42 Å². The summed E-state index contributed by atoms with van der Waals surface area (Å²) in [5.41, 5.74) is 3.74. The Kier molecular flexibility index (Phi) is 3.19. The first-order chi connectivity index (χ1) is 12.2. The van der Waals surface area contributed by atoms with Gasteiger partial charge in [-0.3, -0.25) is 0 Å². The van der Waals surface area contributed by atoms with Crippen LogP contribution in [0.5, 0.6) is 0 Å². The Morgan fingerprint density at radius 2 is 1.92 bits per heavy atom. The maximum Gasteiger partial charge on any atom is 0.153 e. The van der Waals surface area contributed by atoms with E-state index in [2.05, 4.69) is 32.7 Å². The molecule has 2 saturated carbocycles. The average Bonchev–Trinajstić information content (AvgIpc) is 2.93. The third kappa shape index (κ3) is 1.69. The van der Waals surface area contributed by atoms with Crippen molar-refractivity contribution in [1.82, 2.24) is 14.8 Å². The van der Waals surface area contributed by atoms with Crippen LogP contribution in [0.25, 0.3) is 5.82 Å². The molecule has 2 heterocycles. The topological polar surface area (TPSA) is 30.7 Å². The van der Waals surface area contributed by atoms with Gasteiger partial charge in [0.25, 0.3) is 0 Å². The van der Waals surface area contributed by atoms with Gasteiger partial charge < -0.3 is 0 Å². The highest BCUT2D eigenvalue weighted by molar-refractivity contribution is 6.52. The highest BCUT2D eigenvalue weighted by atomic mass is 35.5. The molecule has 0 N–H and O–H groups in total. The molecule has 138 valence electrons. The third-order valence-corrected chi connectivity index (χ3v) is 9.26. The highest BCUT2D eigenvalue weighted by Crippen LogP contribution is 2.89. The maximum absolute atomic E-state index is 7.06. The van der Waals surface area contributed by atoms with Gasteiger partial charge in [0.05, 0.1) is 11.4 Å². The van der Waals surface area contributed by atoms with Gasteiger partial charge in [0.1, 0.15) is 4.33 Å². The van der Waals surface area contributed by atoms with Crippen LogP contribution in [0.15, 0.2) is 24.4 Å². The summed E-state index contributed by atoms with van der Waals surface area (Å²) in [6, 6.07) is 5.96. The minimum absolute atomic E-state index is 0.0397. The zero-order valence-electron chi connectivity index (χ0n) is 15.8. The van der Waals surface area contributed by atoms with Crippen molar-refractivity contribution in [2.45, 2.75) is 63.6 Å². The molecule has 5 heteroatoms. The molecule has 26 heavy (non-hydrogen) atoms. The highest BCUT2D eigenvalue weighted by Gasteiger charge is 2.89. The Morgan fingerprint density at radius 1 is 1.15 bits per heavy atom. The minimum Gasteiger partial charge on any atom is -0.237 e. The van der Waals surface area contributed by atoms with Gasteiger partial charge >= 0.3 is 0 Å². The second kappa shape index (κ2) is 4.86. The number of aryl methyl sites for hydroxylation is 1. The quantitative estimate of drug-likeness (QED) is 0.593. The zero-order chi connectivity index (χ0) is 18.5. The Bertz CT molecular complexity index is 901. The van der Waals surface area contributed by atoms with Crippen LogP contribution in [-0.4, -0.2) is 19.1 Å². The molecule has 2 aromatic heterocycles. The van der Waals surface area contributed by atoms with Crippen LogP contribution in [0.2, 0.25) is 0 Å². The number of pyridine rings is 1. The molecule has 0 saturated heterocycles. The molecule has 3 aliphatic rings. The molecule has 3 atom stereocenters. The fourth-order valence-electron chi connectivity index (χ4n) is 6.49. The van der Waals surface area contributed by atoms with Gasteiger partial charge in [-0.05, 0) is 43.7 Å². The monoisotopic (exact) mass is 389 g/mol. The van der Waals surface area contributed by atoms with Gasteiger partial charge in [-0.25, -0.2) is 9.67 Å². The lowest BCUT2D eigenvalue weighted by atomic mass is 9.67. The van der Waals surface area contributed by atoms with Gasteiger partial charge in [0.2, 0.25) is 0 Å². The molecule has 3 nitrogen and oxygen atoms in total. The minimum atomic E-state index is -0.678. The molecule has 0 radical (unpaired) electrons. The van der Waals surface area contributed by atoms with Crippen LogP contribution >= 0.6 is 23.2 Å². The van der Waals surface area contributed by atoms with Gasteiger partial charge in [0.15, 0.2) is 5.82 Å². The van der Waals surface area contributed by atoms with E-state index in [9.17, 15) is 0 Å². The first-order valence-electron chi connectivity index (χ1n) is 9.55. The summed E-state index contributed by atoms with van der Waals surface area (Å²) in [6.45, 7) is 9.21. The first-order valence-corrected chi connectivity index (χ1v) is 10.3.